The number of rotatable bonds is 7. The SMILES string of the molecule is COc1ccc(NC(=O)C2CC(c3ccccc3)CN(Cc3cccc(OC)c3)C2)cc1. The number of methoxy groups -OCH3 is 2. The fraction of sp³-hybridized carbons (Fsp3) is 0.296. The van der Waals surface area contributed by atoms with Crippen LogP contribution in [0.15, 0.2) is 78.9 Å². The Labute approximate surface area is 190 Å². The molecule has 5 nitrogen and oxygen atoms in total. The molecule has 0 radical (unpaired) electrons. The number of piperidine rings is 1. The van der Waals surface area contributed by atoms with E-state index in [9.17, 15) is 4.79 Å². The number of hydrogen-bond acceptors (Lipinski definition) is 4. The number of amides is 1. The van der Waals surface area contributed by atoms with Crippen molar-refractivity contribution < 1.29 is 14.3 Å². The summed E-state index contributed by atoms with van der Waals surface area (Å²) >= 11 is 0. The van der Waals surface area contributed by atoms with E-state index >= 15 is 0 Å². The van der Waals surface area contributed by atoms with Crippen LogP contribution in [0.2, 0.25) is 0 Å². The topological polar surface area (TPSA) is 50.8 Å². The van der Waals surface area contributed by atoms with Crippen LogP contribution in [0.3, 0.4) is 0 Å². The molecule has 0 spiro atoms. The Hall–Kier alpha value is -3.31. The third-order valence-corrected chi connectivity index (χ3v) is 6.07. The fourth-order valence-corrected chi connectivity index (χ4v) is 4.42. The number of carbonyl (C=O) groups is 1. The van der Waals surface area contributed by atoms with Crippen molar-refractivity contribution in [3.8, 4) is 11.5 Å². The highest BCUT2D eigenvalue weighted by Gasteiger charge is 2.32. The zero-order valence-electron chi connectivity index (χ0n) is 18.7. The minimum atomic E-state index is -0.0957. The Kier molecular flexibility index (Phi) is 7.07. The molecule has 0 aromatic heterocycles. The molecule has 3 aromatic rings. The van der Waals surface area contributed by atoms with Gasteiger partial charge >= 0.3 is 0 Å². The van der Waals surface area contributed by atoms with Crippen LogP contribution >= 0.6 is 0 Å². The molecule has 1 saturated heterocycles. The maximum Gasteiger partial charge on any atom is 0.228 e. The van der Waals surface area contributed by atoms with Crippen LogP contribution in [0.25, 0.3) is 0 Å². The van der Waals surface area contributed by atoms with E-state index in [2.05, 4.69) is 46.6 Å². The van der Waals surface area contributed by atoms with E-state index in [0.717, 1.165) is 43.2 Å². The summed E-state index contributed by atoms with van der Waals surface area (Å²) in [5.74, 6) is 1.90. The lowest BCUT2D eigenvalue weighted by atomic mass is 9.84. The van der Waals surface area contributed by atoms with E-state index < -0.39 is 0 Å². The van der Waals surface area contributed by atoms with Gasteiger partial charge in [-0.25, -0.2) is 0 Å². The van der Waals surface area contributed by atoms with Gasteiger partial charge in [-0.2, -0.15) is 0 Å². The van der Waals surface area contributed by atoms with Crippen LogP contribution < -0.4 is 14.8 Å². The molecule has 0 aliphatic carbocycles. The van der Waals surface area contributed by atoms with Crippen molar-refractivity contribution in [2.45, 2.75) is 18.9 Å². The predicted molar refractivity (Wildman–Crippen MR) is 127 cm³/mol. The molecule has 32 heavy (non-hydrogen) atoms. The number of nitrogens with zero attached hydrogens (tertiary/aromatic N) is 1. The number of hydrogen-bond donors (Lipinski definition) is 1. The van der Waals surface area contributed by atoms with Gasteiger partial charge in [0.2, 0.25) is 5.91 Å². The smallest absolute Gasteiger partial charge is 0.228 e. The molecular weight excluding hydrogens is 400 g/mol. The molecule has 0 saturated carbocycles. The molecule has 1 heterocycles. The number of nitrogens with one attached hydrogen (secondary N) is 1. The number of ether oxygens (including phenoxy) is 2. The molecule has 1 aliphatic heterocycles. The summed E-state index contributed by atoms with van der Waals surface area (Å²) in [5.41, 5.74) is 3.26. The van der Waals surface area contributed by atoms with Crippen molar-refractivity contribution >= 4 is 11.6 Å². The third-order valence-electron chi connectivity index (χ3n) is 6.07. The first-order valence-electron chi connectivity index (χ1n) is 11.0. The summed E-state index contributed by atoms with van der Waals surface area (Å²) in [6, 6.07) is 26.1. The summed E-state index contributed by atoms with van der Waals surface area (Å²) < 4.78 is 10.6. The molecule has 1 amide bonds. The highest BCUT2D eigenvalue weighted by atomic mass is 16.5. The molecule has 2 unspecified atom stereocenters. The van der Waals surface area contributed by atoms with Crippen LogP contribution in [0.5, 0.6) is 11.5 Å². The van der Waals surface area contributed by atoms with Crippen LogP contribution in [0.1, 0.15) is 23.5 Å². The number of anilines is 1. The first kappa shape index (κ1) is 21.9. The zero-order chi connectivity index (χ0) is 22.3. The number of benzene rings is 3. The van der Waals surface area contributed by atoms with Crippen molar-refractivity contribution in [2.24, 2.45) is 5.92 Å². The third kappa shape index (κ3) is 5.48. The second-order valence-corrected chi connectivity index (χ2v) is 8.30. The second-order valence-electron chi connectivity index (χ2n) is 8.30. The Balaban J connectivity index is 1.51. The fourth-order valence-electron chi connectivity index (χ4n) is 4.42. The molecule has 3 aromatic carbocycles. The summed E-state index contributed by atoms with van der Waals surface area (Å²) in [4.78, 5) is 15.6. The zero-order valence-corrected chi connectivity index (χ0v) is 18.7. The minimum Gasteiger partial charge on any atom is -0.497 e. The standard InChI is InChI=1S/C27H30N2O3/c1-31-25-13-11-24(12-14-25)28-27(30)23-16-22(21-8-4-3-5-9-21)18-29(19-23)17-20-7-6-10-26(15-20)32-2/h3-15,22-23H,16-19H2,1-2H3,(H,28,30). The Morgan fingerprint density at radius 2 is 1.66 bits per heavy atom. The average Bonchev–Trinajstić information content (AvgIpc) is 2.85. The van der Waals surface area contributed by atoms with Gasteiger partial charge in [-0.1, -0.05) is 42.5 Å². The summed E-state index contributed by atoms with van der Waals surface area (Å²) in [5, 5.41) is 3.10. The minimum absolute atomic E-state index is 0.0615. The van der Waals surface area contributed by atoms with Crippen LogP contribution in [0, 0.1) is 5.92 Å². The molecule has 2 atom stereocenters. The Bertz CT molecular complexity index is 1020. The lowest BCUT2D eigenvalue weighted by Gasteiger charge is -2.37. The Morgan fingerprint density at radius 1 is 0.906 bits per heavy atom. The van der Waals surface area contributed by atoms with Gasteiger partial charge < -0.3 is 14.8 Å². The van der Waals surface area contributed by atoms with Crippen molar-refractivity contribution in [1.29, 1.82) is 0 Å². The van der Waals surface area contributed by atoms with Crippen LogP contribution in [-0.2, 0) is 11.3 Å². The highest BCUT2D eigenvalue weighted by Crippen LogP contribution is 2.32. The average molecular weight is 431 g/mol. The van der Waals surface area contributed by atoms with Crippen molar-refractivity contribution in [2.75, 3.05) is 32.6 Å². The normalized spacial score (nSPS) is 18.7. The van der Waals surface area contributed by atoms with Gasteiger partial charge in [0.25, 0.3) is 0 Å². The van der Waals surface area contributed by atoms with Crippen LogP contribution in [0.4, 0.5) is 5.69 Å². The van der Waals surface area contributed by atoms with E-state index in [1.54, 1.807) is 14.2 Å². The first-order valence-corrected chi connectivity index (χ1v) is 11.0. The van der Waals surface area contributed by atoms with Gasteiger partial charge in [0.1, 0.15) is 11.5 Å². The summed E-state index contributed by atoms with van der Waals surface area (Å²) in [6.07, 6.45) is 0.834. The molecule has 1 fully saturated rings. The monoisotopic (exact) mass is 430 g/mol. The van der Waals surface area contributed by atoms with Gasteiger partial charge in [-0.05, 0) is 59.9 Å². The highest BCUT2D eigenvalue weighted by molar-refractivity contribution is 5.92. The van der Waals surface area contributed by atoms with Gasteiger partial charge in [0, 0.05) is 25.3 Å². The maximum atomic E-state index is 13.2. The number of carbonyl (C=O) groups excluding carboxylic acids is 1. The lowest BCUT2D eigenvalue weighted by Crippen LogP contribution is -2.43. The van der Waals surface area contributed by atoms with Gasteiger partial charge in [-0.3, -0.25) is 9.69 Å². The predicted octanol–water partition coefficient (Wildman–Crippen LogP) is 4.95. The largest absolute Gasteiger partial charge is 0.497 e. The Morgan fingerprint density at radius 3 is 2.38 bits per heavy atom. The van der Waals surface area contributed by atoms with E-state index in [1.807, 2.05) is 42.5 Å². The molecular formula is C27H30N2O3. The van der Waals surface area contributed by atoms with E-state index in [0.29, 0.717) is 5.92 Å². The van der Waals surface area contributed by atoms with Crippen molar-refractivity contribution in [1.82, 2.24) is 4.90 Å². The summed E-state index contributed by atoms with van der Waals surface area (Å²) in [7, 11) is 3.32. The summed E-state index contributed by atoms with van der Waals surface area (Å²) in [6.45, 7) is 2.43. The lowest BCUT2D eigenvalue weighted by molar-refractivity contribution is -0.121. The van der Waals surface area contributed by atoms with E-state index in [4.69, 9.17) is 9.47 Å². The van der Waals surface area contributed by atoms with Gasteiger partial charge in [0.05, 0.1) is 20.1 Å². The number of likely N-dealkylation sites (tertiary alicyclic amines) is 1. The molecule has 1 N–H and O–H groups in total. The van der Waals surface area contributed by atoms with E-state index in [-0.39, 0.29) is 11.8 Å². The first-order chi connectivity index (χ1) is 15.6. The molecule has 1 aliphatic rings. The molecule has 5 heteroatoms. The quantitative estimate of drug-likeness (QED) is 0.576. The van der Waals surface area contributed by atoms with Crippen LogP contribution in [-0.4, -0.2) is 38.1 Å². The molecule has 4 rings (SSSR count). The van der Waals surface area contributed by atoms with Gasteiger partial charge in [-0.15, -0.1) is 0 Å². The van der Waals surface area contributed by atoms with Crippen molar-refractivity contribution in [3.63, 3.8) is 0 Å². The van der Waals surface area contributed by atoms with Crippen molar-refractivity contribution in [3.05, 3.63) is 90.0 Å². The molecule has 166 valence electrons. The second kappa shape index (κ2) is 10.3. The maximum absolute atomic E-state index is 13.2. The molecule has 0 bridgehead atoms. The van der Waals surface area contributed by atoms with Gasteiger partial charge in [0.15, 0.2) is 0 Å². The van der Waals surface area contributed by atoms with E-state index in [1.165, 1.54) is 11.1 Å².